The number of hydrogen-bond acceptors (Lipinski definition) is 4. The molecular formula is C11H8O4. The molecule has 0 fully saturated rings. The summed E-state index contributed by atoms with van der Waals surface area (Å²) < 4.78 is 0. The summed E-state index contributed by atoms with van der Waals surface area (Å²) in [6, 6.07) is 2.76. The predicted molar refractivity (Wildman–Crippen MR) is 52.8 cm³/mol. The summed E-state index contributed by atoms with van der Waals surface area (Å²) in [7, 11) is 0. The van der Waals surface area contributed by atoms with Gasteiger partial charge in [0.15, 0.2) is 11.5 Å². The van der Waals surface area contributed by atoms with E-state index in [2.05, 4.69) is 0 Å². The maximum Gasteiger partial charge on any atom is 0.233 e. The van der Waals surface area contributed by atoms with Crippen LogP contribution in [0, 0.1) is 0 Å². The van der Waals surface area contributed by atoms with Gasteiger partial charge in [-0.05, 0) is 11.6 Å². The molecule has 2 N–H and O–H groups in total. The number of aromatic hydroxyl groups is 2. The number of phenols is 2. The minimum Gasteiger partial charge on any atom is -0.504 e. The van der Waals surface area contributed by atoms with E-state index in [1.807, 2.05) is 0 Å². The van der Waals surface area contributed by atoms with E-state index in [0.717, 1.165) is 0 Å². The Balaban J connectivity index is 2.73. The molecule has 1 aliphatic rings. The minimum atomic E-state index is -0.761. The zero-order valence-corrected chi connectivity index (χ0v) is 7.73. The summed E-state index contributed by atoms with van der Waals surface area (Å²) in [6.45, 7) is 0. The van der Waals surface area contributed by atoms with Gasteiger partial charge in [-0.1, -0.05) is 18.2 Å². The number of benzene rings is 1. The van der Waals surface area contributed by atoms with Gasteiger partial charge < -0.3 is 10.2 Å². The maximum absolute atomic E-state index is 11.5. The second kappa shape index (κ2) is 3.24. The monoisotopic (exact) mass is 204 g/mol. The van der Waals surface area contributed by atoms with Crippen LogP contribution < -0.4 is 0 Å². The van der Waals surface area contributed by atoms with Crippen molar-refractivity contribution < 1.29 is 19.8 Å². The molecule has 0 aliphatic heterocycles. The standard InChI is InChI=1S/C11H8O4/c12-7-3-1-2-6-4-5-8(13)11(15)9(6)10(7)14/h1-2,4-5,13,15H,3H2. The lowest BCUT2D eigenvalue weighted by Gasteiger charge is -2.06. The smallest absolute Gasteiger partial charge is 0.233 e. The molecule has 1 aromatic rings. The van der Waals surface area contributed by atoms with Gasteiger partial charge in [0.25, 0.3) is 0 Å². The van der Waals surface area contributed by atoms with Gasteiger partial charge in [0.05, 0.1) is 5.56 Å². The number of fused-ring (bicyclic) bond motifs is 1. The zero-order chi connectivity index (χ0) is 11.0. The predicted octanol–water partition coefficient (Wildman–Crippen LogP) is 1.27. The molecule has 1 aromatic carbocycles. The van der Waals surface area contributed by atoms with E-state index in [0.29, 0.717) is 5.56 Å². The molecule has 0 aromatic heterocycles. The van der Waals surface area contributed by atoms with Crippen molar-refractivity contribution in [2.24, 2.45) is 0 Å². The Labute approximate surface area is 85.5 Å². The van der Waals surface area contributed by atoms with Crippen molar-refractivity contribution in [3.63, 3.8) is 0 Å². The summed E-state index contributed by atoms with van der Waals surface area (Å²) in [5, 5.41) is 18.7. The van der Waals surface area contributed by atoms with Crippen LogP contribution in [-0.4, -0.2) is 21.8 Å². The molecule has 0 radical (unpaired) electrons. The van der Waals surface area contributed by atoms with Crippen LogP contribution in [0.25, 0.3) is 6.08 Å². The van der Waals surface area contributed by atoms with Gasteiger partial charge in [-0.3, -0.25) is 9.59 Å². The molecule has 1 aliphatic carbocycles. The van der Waals surface area contributed by atoms with Crippen LogP contribution in [0.2, 0.25) is 0 Å². The second-order valence-electron chi connectivity index (χ2n) is 3.26. The lowest BCUT2D eigenvalue weighted by molar-refractivity contribution is -0.114. The van der Waals surface area contributed by atoms with Gasteiger partial charge in [0.2, 0.25) is 11.6 Å². The minimum absolute atomic E-state index is 0.0215. The normalized spacial score (nSPS) is 14.9. The van der Waals surface area contributed by atoms with Crippen LogP contribution in [0.15, 0.2) is 18.2 Å². The van der Waals surface area contributed by atoms with Crippen LogP contribution in [-0.2, 0) is 4.79 Å². The Morgan fingerprint density at radius 3 is 2.60 bits per heavy atom. The first-order valence-electron chi connectivity index (χ1n) is 4.40. The molecule has 0 unspecified atom stereocenters. The zero-order valence-electron chi connectivity index (χ0n) is 7.73. The highest BCUT2D eigenvalue weighted by Crippen LogP contribution is 2.33. The molecule has 0 amide bonds. The number of ketones is 2. The van der Waals surface area contributed by atoms with Gasteiger partial charge in [-0.25, -0.2) is 0 Å². The Kier molecular flexibility index (Phi) is 2.04. The third kappa shape index (κ3) is 1.40. The number of rotatable bonds is 0. The number of Topliss-reactive ketones (excluding diaryl/α,β-unsaturated/α-hetero) is 2. The fourth-order valence-electron chi connectivity index (χ4n) is 1.50. The summed E-state index contributed by atoms with van der Waals surface area (Å²) in [5.74, 6) is -2.28. The molecule has 2 rings (SSSR count). The summed E-state index contributed by atoms with van der Waals surface area (Å²) in [5.41, 5.74) is 0.329. The van der Waals surface area contributed by atoms with Gasteiger partial charge >= 0.3 is 0 Å². The van der Waals surface area contributed by atoms with E-state index in [1.54, 1.807) is 12.2 Å². The number of carbonyl (C=O) groups is 2. The molecule has 4 nitrogen and oxygen atoms in total. The van der Waals surface area contributed by atoms with Gasteiger partial charge in [0, 0.05) is 6.42 Å². The lowest BCUT2D eigenvalue weighted by atomic mass is 10.0. The Morgan fingerprint density at radius 1 is 1.13 bits per heavy atom. The van der Waals surface area contributed by atoms with E-state index < -0.39 is 23.1 Å². The first kappa shape index (κ1) is 9.45. The van der Waals surface area contributed by atoms with Crippen molar-refractivity contribution in [2.75, 3.05) is 0 Å². The van der Waals surface area contributed by atoms with E-state index in [-0.39, 0.29) is 12.0 Å². The fourth-order valence-corrected chi connectivity index (χ4v) is 1.50. The van der Waals surface area contributed by atoms with Crippen molar-refractivity contribution in [2.45, 2.75) is 6.42 Å². The Hall–Kier alpha value is -2.10. The molecule has 0 bridgehead atoms. The average Bonchev–Trinajstić information content (AvgIpc) is 2.35. The molecule has 76 valence electrons. The number of allylic oxidation sites excluding steroid dienone is 1. The molecule has 0 heterocycles. The third-order valence-electron chi connectivity index (χ3n) is 2.27. The first-order chi connectivity index (χ1) is 7.11. The highest BCUT2D eigenvalue weighted by atomic mass is 16.3. The Morgan fingerprint density at radius 2 is 1.87 bits per heavy atom. The molecule has 15 heavy (non-hydrogen) atoms. The topological polar surface area (TPSA) is 74.6 Å². The van der Waals surface area contributed by atoms with E-state index in [4.69, 9.17) is 0 Å². The fraction of sp³-hybridized carbons (Fsp3) is 0.0909. The summed E-state index contributed by atoms with van der Waals surface area (Å²) >= 11 is 0. The number of carbonyl (C=O) groups excluding carboxylic acids is 2. The number of hydrogen-bond donors (Lipinski definition) is 2. The average molecular weight is 204 g/mol. The SMILES string of the molecule is O=C1CC=Cc2ccc(O)c(O)c2C1=O. The number of phenolic OH excluding ortho intramolecular Hbond substituents is 2. The van der Waals surface area contributed by atoms with E-state index in [9.17, 15) is 19.8 Å². The van der Waals surface area contributed by atoms with E-state index in [1.165, 1.54) is 12.1 Å². The molecule has 0 saturated carbocycles. The van der Waals surface area contributed by atoms with Crippen LogP contribution in [0.4, 0.5) is 0 Å². The molecule has 4 heteroatoms. The molecule has 0 spiro atoms. The van der Waals surface area contributed by atoms with Crippen LogP contribution in [0.5, 0.6) is 11.5 Å². The maximum atomic E-state index is 11.5. The lowest BCUT2D eigenvalue weighted by Crippen LogP contribution is -2.13. The van der Waals surface area contributed by atoms with E-state index >= 15 is 0 Å². The van der Waals surface area contributed by atoms with Gasteiger partial charge in [-0.2, -0.15) is 0 Å². The highest BCUT2D eigenvalue weighted by Gasteiger charge is 2.25. The quantitative estimate of drug-likeness (QED) is 0.493. The van der Waals surface area contributed by atoms with Crippen molar-refractivity contribution in [3.8, 4) is 11.5 Å². The highest BCUT2D eigenvalue weighted by molar-refractivity contribution is 6.45. The van der Waals surface area contributed by atoms with Crippen molar-refractivity contribution in [1.29, 1.82) is 0 Å². The summed E-state index contributed by atoms with van der Waals surface area (Å²) in [4.78, 5) is 22.8. The van der Waals surface area contributed by atoms with Crippen molar-refractivity contribution in [1.82, 2.24) is 0 Å². The molecule has 0 saturated heterocycles. The van der Waals surface area contributed by atoms with Crippen LogP contribution >= 0.6 is 0 Å². The van der Waals surface area contributed by atoms with Crippen LogP contribution in [0.1, 0.15) is 22.3 Å². The van der Waals surface area contributed by atoms with Gasteiger partial charge in [0.1, 0.15) is 0 Å². The molecule has 0 atom stereocenters. The largest absolute Gasteiger partial charge is 0.504 e. The molecular weight excluding hydrogens is 196 g/mol. The third-order valence-corrected chi connectivity index (χ3v) is 2.27. The van der Waals surface area contributed by atoms with Crippen molar-refractivity contribution in [3.05, 3.63) is 29.3 Å². The summed E-state index contributed by atoms with van der Waals surface area (Å²) in [6.07, 6.45) is 3.16. The Bertz CT molecular complexity index is 486. The first-order valence-corrected chi connectivity index (χ1v) is 4.40. The van der Waals surface area contributed by atoms with Gasteiger partial charge in [-0.15, -0.1) is 0 Å². The van der Waals surface area contributed by atoms with Crippen molar-refractivity contribution >= 4 is 17.6 Å². The van der Waals surface area contributed by atoms with Crippen LogP contribution in [0.3, 0.4) is 0 Å². The second-order valence-corrected chi connectivity index (χ2v) is 3.26.